The van der Waals surface area contributed by atoms with Crippen LogP contribution in [0.2, 0.25) is 0 Å². The lowest BCUT2D eigenvalue weighted by molar-refractivity contribution is -0.185. The summed E-state index contributed by atoms with van der Waals surface area (Å²) in [5.41, 5.74) is 4.54. The third-order valence-electron chi connectivity index (χ3n) is 10.3. The van der Waals surface area contributed by atoms with E-state index in [0.717, 1.165) is 50.7 Å². The van der Waals surface area contributed by atoms with Gasteiger partial charge in [-0.2, -0.15) is 5.10 Å². The zero-order chi connectivity index (χ0) is 23.5. The standard InChI is InChI=1S/C27H37N3O3/c1-24-12-8-20-25(2)10-6-11-26(3,23(32)33-4)19(25)9-13-27(20,17-24)15-21(24)29-30-22(31)18-7-5-14-28-16-18/h5,7,14,16,19-20H,6,8-13,15,17H2,1-4H3,(H,30,31)/b29-21+/t19-,20-,24-,25+,26+,27-/m0/s1. The molecule has 6 heteroatoms. The highest BCUT2D eigenvalue weighted by Gasteiger charge is 2.67. The number of ether oxygens (including phenoxy) is 1. The number of hydrogen-bond acceptors (Lipinski definition) is 5. The Labute approximate surface area is 197 Å². The number of hydrazone groups is 1. The number of rotatable bonds is 3. The zero-order valence-electron chi connectivity index (χ0n) is 20.4. The molecular weight excluding hydrogens is 414 g/mol. The second-order valence-electron chi connectivity index (χ2n) is 12.0. The molecule has 0 unspecified atom stereocenters. The molecule has 0 aromatic carbocycles. The monoisotopic (exact) mass is 451 g/mol. The molecule has 1 aromatic rings. The highest BCUT2D eigenvalue weighted by atomic mass is 16.5. The van der Waals surface area contributed by atoms with Gasteiger partial charge in [-0.05, 0) is 93.1 Å². The Morgan fingerprint density at radius 2 is 1.91 bits per heavy atom. The molecule has 6 nitrogen and oxygen atoms in total. The first-order valence-electron chi connectivity index (χ1n) is 12.5. The van der Waals surface area contributed by atoms with Crippen LogP contribution in [0.5, 0.6) is 0 Å². The van der Waals surface area contributed by atoms with E-state index in [-0.39, 0.29) is 33.5 Å². The molecule has 4 saturated carbocycles. The maximum Gasteiger partial charge on any atom is 0.311 e. The maximum atomic E-state index is 12.9. The number of nitrogens with one attached hydrogen (secondary N) is 1. The van der Waals surface area contributed by atoms with Crippen molar-refractivity contribution >= 4 is 17.6 Å². The van der Waals surface area contributed by atoms with Gasteiger partial charge in [0.2, 0.25) is 0 Å². The summed E-state index contributed by atoms with van der Waals surface area (Å²) >= 11 is 0. The summed E-state index contributed by atoms with van der Waals surface area (Å²) in [7, 11) is 1.54. The normalized spacial score (nSPS) is 42.8. The summed E-state index contributed by atoms with van der Waals surface area (Å²) in [6, 6.07) is 3.52. The van der Waals surface area contributed by atoms with Crippen LogP contribution >= 0.6 is 0 Å². The SMILES string of the molecule is COC(=O)[C@]1(C)CCC[C@@]2(C)[C@@H]3CC[C@@]4(C)C[C@]3(CC[C@@H]21)C/C4=N\NC(=O)c1cccnc1. The number of methoxy groups -OCH3 is 1. The van der Waals surface area contributed by atoms with Gasteiger partial charge in [0.05, 0.1) is 18.1 Å². The van der Waals surface area contributed by atoms with Crippen LogP contribution in [-0.2, 0) is 9.53 Å². The average Bonchev–Trinajstić information content (AvgIpc) is 3.01. The van der Waals surface area contributed by atoms with Crippen LogP contribution in [0.15, 0.2) is 29.6 Å². The minimum Gasteiger partial charge on any atom is -0.469 e. The van der Waals surface area contributed by atoms with Gasteiger partial charge in [0.1, 0.15) is 0 Å². The second-order valence-corrected chi connectivity index (χ2v) is 12.0. The summed E-state index contributed by atoms with van der Waals surface area (Å²) in [5.74, 6) is 0.730. The van der Waals surface area contributed by atoms with E-state index in [9.17, 15) is 9.59 Å². The summed E-state index contributed by atoms with van der Waals surface area (Å²) in [6.07, 6.45) is 13.0. The zero-order valence-corrected chi connectivity index (χ0v) is 20.4. The number of nitrogens with zero attached hydrogens (tertiary/aromatic N) is 2. The highest BCUT2D eigenvalue weighted by Crippen LogP contribution is 2.73. The first-order valence-corrected chi connectivity index (χ1v) is 12.5. The van der Waals surface area contributed by atoms with Crippen molar-refractivity contribution in [3.05, 3.63) is 30.1 Å². The van der Waals surface area contributed by atoms with Crippen LogP contribution in [-0.4, -0.2) is 29.7 Å². The first kappa shape index (κ1) is 22.5. The largest absolute Gasteiger partial charge is 0.469 e. The van der Waals surface area contributed by atoms with E-state index in [1.54, 1.807) is 24.5 Å². The van der Waals surface area contributed by atoms with Gasteiger partial charge in [-0.1, -0.05) is 20.3 Å². The molecule has 1 spiro atoms. The van der Waals surface area contributed by atoms with Gasteiger partial charge >= 0.3 is 5.97 Å². The van der Waals surface area contributed by atoms with E-state index in [2.05, 4.69) is 31.2 Å². The topological polar surface area (TPSA) is 80.6 Å². The van der Waals surface area contributed by atoms with Crippen molar-refractivity contribution in [2.24, 2.45) is 38.6 Å². The number of hydrogen-bond donors (Lipinski definition) is 1. The minimum atomic E-state index is -0.378. The Hall–Kier alpha value is -2.24. The van der Waals surface area contributed by atoms with Crippen LogP contribution < -0.4 is 5.43 Å². The van der Waals surface area contributed by atoms with Crippen molar-refractivity contribution < 1.29 is 14.3 Å². The fraction of sp³-hybridized carbons (Fsp3) is 0.704. The Kier molecular flexibility index (Phi) is 5.22. The molecule has 0 radical (unpaired) electrons. The molecule has 1 N–H and O–H groups in total. The highest BCUT2D eigenvalue weighted by molar-refractivity contribution is 5.97. The Morgan fingerprint density at radius 3 is 2.64 bits per heavy atom. The molecule has 0 aliphatic heterocycles. The molecule has 33 heavy (non-hydrogen) atoms. The van der Waals surface area contributed by atoms with Crippen LogP contribution in [0, 0.1) is 33.5 Å². The molecule has 0 saturated heterocycles. The molecule has 6 atom stereocenters. The van der Waals surface area contributed by atoms with E-state index in [0.29, 0.717) is 17.4 Å². The van der Waals surface area contributed by atoms with E-state index in [1.807, 2.05) is 0 Å². The van der Waals surface area contributed by atoms with Crippen molar-refractivity contribution in [1.29, 1.82) is 0 Å². The lowest BCUT2D eigenvalue weighted by Crippen LogP contribution is -2.58. The molecular formula is C27H37N3O3. The molecule has 1 amide bonds. The van der Waals surface area contributed by atoms with Crippen molar-refractivity contribution in [2.45, 2.75) is 78.6 Å². The number of pyridine rings is 1. The molecule has 5 rings (SSSR count). The van der Waals surface area contributed by atoms with Gasteiger partial charge in [-0.25, -0.2) is 5.43 Å². The third-order valence-corrected chi connectivity index (χ3v) is 10.3. The fourth-order valence-electron chi connectivity index (χ4n) is 8.86. The van der Waals surface area contributed by atoms with Crippen LogP contribution in [0.1, 0.15) is 88.9 Å². The molecule has 4 aliphatic carbocycles. The number of aromatic nitrogens is 1. The van der Waals surface area contributed by atoms with E-state index in [1.165, 1.54) is 20.0 Å². The predicted molar refractivity (Wildman–Crippen MR) is 126 cm³/mol. The van der Waals surface area contributed by atoms with Crippen molar-refractivity contribution in [3.8, 4) is 0 Å². The van der Waals surface area contributed by atoms with Gasteiger partial charge in [0, 0.05) is 23.5 Å². The molecule has 4 fully saturated rings. The number of amides is 1. The van der Waals surface area contributed by atoms with E-state index >= 15 is 0 Å². The third kappa shape index (κ3) is 3.27. The number of fused-ring (bicyclic) bond motifs is 3. The van der Waals surface area contributed by atoms with E-state index in [4.69, 9.17) is 9.84 Å². The maximum absolute atomic E-state index is 12.9. The molecule has 2 bridgehead atoms. The van der Waals surface area contributed by atoms with Crippen molar-refractivity contribution in [2.75, 3.05) is 7.11 Å². The number of carbonyl (C=O) groups is 2. The van der Waals surface area contributed by atoms with Gasteiger partial charge < -0.3 is 4.74 Å². The molecule has 1 heterocycles. The second kappa shape index (κ2) is 7.64. The Morgan fingerprint density at radius 1 is 1.12 bits per heavy atom. The summed E-state index contributed by atoms with van der Waals surface area (Å²) in [6.45, 7) is 6.95. The smallest absolute Gasteiger partial charge is 0.311 e. The number of esters is 1. The number of carbonyl (C=O) groups excluding carboxylic acids is 2. The predicted octanol–water partition coefficient (Wildman–Crippen LogP) is 5.14. The average molecular weight is 452 g/mol. The van der Waals surface area contributed by atoms with Gasteiger partial charge in [0.15, 0.2) is 0 Å². The fourth-order valence-corrected chi connectivity index (χ4v) is 8.86. The Bertz CT molecular complexity index is 994. The van der Waals surface area contributed by atoms with Crippen molar-refractivity contribution in [1.82, 2.24) is 10.4 Å². The quantitative estimate of drug-likeness (QED) is 0.509. The molecule has 1 aromatic heterocycles. The summed E-state index contributed by atoms with van der Waals surface area (Å²) in [4.78, 5) is 29.5. The van der Waals surface area contributed by atoms with Crippen molar-refractivity contribution in [3.63, 3.8) is 0 Å². The lowest BCUT2D eigenvalue weighted by atomic mass is 9.40. The minimum absolute atomic E-state index is 0.0261. The van der Waals surface area contributed by atoms with Gasteiger partial charge in [-0.3, -0.25) is 14.6 Å². The molecule has 178 valence electrons. The van der Waals surface area contributed by atoms with Crippen LogP contribution in [0.4, 0.5) is 0 Å². The lowest BCUT2D eigenvalue weighted by Gasteiger charge is -2.64. The van der Waals surface area contributed by atoms with E-state index < -0.39 is 0 Å². The molecule has 4 aliphatic rings. The van der Waals surface area contributed by atoms with Gasteiger partial charge in [0.25, 0.3) is 5.91 Å². The summed E-state index contributed by atoms with van der Waals surface area (Å²) in [5, 5.41) is 4.71. The van der Waals surface area contributed by atoms with Crippen LogP contribution in [0.3, 0.4) is 0 Å². The summed E-state index contributed by atoms with van der Waals surface area (Å²) < 4.78 is 5.30. The van der Waals surface area contributed by atoms with Gasteiger partial charge in [-0.15, -0.1) is 0 Å². The van der Waals surface area contributed by atoms with Crippen LogP contribution in [0.25, 0.3) is 0 Å². The Balaban J connectivity index is 1.42. The first-order chi connectivity index (χ1) is 15.7.